The lowest BCUT2D eigenvalue weighted by molar-refractivity contribution is -0.145. The molecule has 2 amide bonds. The SMILES string of the molecule is Cn1cnc(S(=O)(=O)N2CC3CC(CN(C(=O)CN4CCC[C@H](NS(=O)(=O)c5ccc6cc(Cl)ccc6c5)C4=O)C3)C2)c1. The molecule has 43 heavy (non-hydrogen) atoms. The summed E-state index contributed by atoms with van der Waals surface area (Å²) in [4.78, 5) is 33.9. The molecule has 3 aliphatic rings. The number of nitrogens with one attached hydrogen (secondary N) is 1. The van der Waals surface area contributed by atoms with Crippen LogP contribution in [0.5, 0.6) is 0 Å². The van der Waals surface area contributed by atoms with Gasteiger partial charge in [-0.25, -0.2) is 21.8 Å². The second kappa shape index (κ2) is 11.5. The number of fused-ring (bicyclic) bond motifs is 3. The van der Waals surface area contributed by atoms with Crippen LogP contribution in [0.1, 0.15) is 19.3 Å². The maximum absolute atomic E-state index is 13.3. The average molecular weight is 649 g/mol. The van der Waals surface area contributed by atoms with Crippen LogP contribution in [-0.2, 0) is 36.7 Å². The summed E-state index contributed by atoms with van der Waals surface area (Å²) in [6.45, 7) is 1.60. The van der Waals surface area contributed by atoms with Crippen molar-refractivity contribution in [3.8, 4) is 0 Å². The highest BCUT2D eigenvalue weighted by Gasteiger charge is 2.42. The fourth-order valence-electron chi connectivity index (χ4n) is 6.37. The van der Waals surface area contributed by atoms with Gasteiger partial charge < -0.3 is 14.4 Å². The van der Waals surface area contributed by atoms with E-state index in [0.29, 0.717) is 56.0 Å². The molecule has 3 fully saturated rings. The fourth-order valence-corrected chi connectivity index (χ4v) is 9.37. The van der Waals surface area contributed by atoms with E-state index in [1.807, 2.05) is 0 Å². The predicted molar refractivity (Wildman–Crippen MR) is 159 cm³/mol. The molecule has 1 N–H and O–H groups in total. The summed E-state index contributed by atoms with van der Waals surface area (Å²) in [5.41, 5.74) is 0. The van der Waals surface area contributed by atoms with Crippen LogP contribution in [0, 0.1) is 11.8 Å². The molecule has 2 unspecified atom stereocenters. The lowest BCUT2D eigenvalue weighted by Gasteiger charge is -2.45. The van der Waals surface area contributed by atoms with E-state index in [2.05, 4.69) is 9.71 Å². The number of sulfonamides is 2. The molecule has 2 aromatic carbocycles. The number of imidazole rings is 1. The van der Waals surface area contributed by atoms with E-state index in [0.717, 1.165) is 11.8 Å². The zero-order valence-electron chi connectivity index (χ0n) is 23.6. The first-order chi connectivity index (χ1) is 20.4. The van der Waals surface area contributed by atoms with E-state index in [-0.39, 0.29) is 34.2 Å². The van der Waals surface area contributed by atoms with Crippen LogP contribution < -0.4 is 4.72 Å². The molecule has 4 heterocycles. The zero-order chi connectivity index (χ0) is 30.5. The molecule has 6 rings (SSSR count). The van der Waals surface area contributed by atoms with Crippen molar-refractivity contribution in [1.82, 2.24) is 28.4 Å². The first-order valence-electron chi connectivity index (χ1n) is 14.2. The van der Waals surface area contributed by atoms with E-state index in [4.69, 9.17) is 11.6 Å². The maximum Gasteiger partial charge on any atom is 0.262 e. The summed E-state index contributed by atoms with van der Waals surface area (Å²) in [5.74, 6) is -0.699. The first kappa shape index (κ1) is 30.0. The number of piperidine rings is 3. The molecule has 0 spiro atoms. The molecule has 12 nitrogen and oxygen atoms in total. The fraction of sp³-hybridized carbons (Fsp3) is 0.464. The van der Waals surface area contributed by atoms with Gasteiger partial charge in [0.1, 0.15) is 6.04 Å². The highest BCUT2D eigenvalue weighted by molar-refractivity contribution is 7.89. The Kier molecular flexibility index (Phi) is 8.00. The Morgan fingerprint density at radius 2 is 1.72 bits per heavy atom. The number of hydrogen-bond donors (Lipinski definition) is 1. The Balaban J connectivity index is 1.08. The van der Waals surface area contributed by atoms with Gasteiger partial charge in [0.15, 0.2) is 5.03 Å². The Morgan fingerprint density at radius 1 is 1.02 bits per heavy atom. The number of benzene rings is 2. The third kappa shape index (κ3) is 6.16. The van der Waals surface area contributed by atoms with Gasteiger partial charge in [0.2, 0.25) is 21.8 Å². The zero-order valence-corrected chi connectivity index (χ0v) is 26.0. The second-order valence-electron chi connectivity index (χ2n) is 11.7. The van der Waals surface area contributed by atoms with E-state index < -0.39 is 32.0 Å². The minimum Gasteiger partial charge on any atom is -0.341 e. The Hall–Kier alpha value is -3.04. The van der Waals surface area contributed by atoms with Gasteiger partial charge in [-0.2, -0.15) is 9.03 Å². The molecule has 0 aliphatic carbocycles. The van der Waals surface area contributed by atoms with E-state index in [1.165, 1.54) is 27.8 Å². The minimum absolute atomic E-state index is 0.0159. The van der Waals surface area contributed by atoms with Crippen LogP contribution in [0.25, 0.3) is 10.8 Å². The number of amides is 2. The van der Waals surface area contributed by atoms with Crippen LogP contribution in [0.4, 0.5) is 0 Å². The predicted octanol–water partition coefficient (Wildman–Crippen LogP) is 1.67. The largest absolute Gasteiger partial charge is 0.341 e. The summed E-state index contributed by atoms with van der Waals surface area (Å²) in [5, 5.41) is 2.07. The molecule has 3 atom stereocenters. The number of carbonyl (C=O) groups excluding carboxylic acids is 2. The van der Waals surface area contributed by atoms with Crippen molar-refractivity contribution < 1.29 is 26.4 Å². The highest BCUT2D eigenvalue weighted by atomic mass is 35.5. The molecular formula is C28H33ClN6O6S2. The summed E-state index contributed by atoms with van der Waals surface area (Å²) in [6.07, 6.45) is 4.65. The Bertz CT molecular complexity index is 1780. The number of likely N-dealkylation sites (tertiary alicyclic amines) is 2. The van der Waals surface area contributed by atoms with Gasteiger partial charge in [0, 0.05) is 51.0 Å². The Labute approximate surface area is 255 Å². The van der Waals surface area contributed by atoms with E-state index in [9.17, 15) is 26.4 Å². The van der Waals surface area contributed by atoms with E-state index >= 15 is 0 Å². The van der Waals surface area contributed by atoms with Crippen molar-refractivity contribution in [1.29, 1.82) is 0 Å². The Morgan fingerprint density at radius 3 is 2.42 bits per heavy atom. The number of rotatable bonds is 7. The normalized spacial score (nSPS) is 23.6. The van der Waals surface area contributed by atoms with Gasteiger partial charge in [0.05, 0.1) is 17.8 Å². The second-order valence-corrected chi connectivity index (χ2v) is 15.7. The number of nitrogens with zero attached hydrogens (tertiary/aromatic N) is 5. The summed E-state index contributed by atoms with van der Waals surface area (Å²) in [6, 6.07) is 8.88. The molecule has 3 aliphatic heterocycles. The topological polar surface area (TPSA) is 142 Å². The quantitative estimate of drug-likeness (QED) is 0.411. The van der Waals surface area contributed by atoms with Crippen molar-refractivity contribution in [2.24, 2.45) is 18.9 Å². The van der Waals surface area contributed by atoms with Gasteiger partial charge >= 0.3 is 0 Å². The smallest absolute Gasteiger partial charge is 0.262 e. The number of halogens is 1. The number of carbonyl (C=O) groups is 2. The van der Waals surface area contributed by atoms with Crippen molar-refractivity contribution in [2.45, 2.75) is 35.2 Å². The van der Waals surface area contributed by atoms with Gasteiger partial charge in [-0.1, -0.05) is 23.7 Å². The molecule has 1 aromatic heterocycles. The van der Waals surface area contributed by atoms with Crippen LogP contribution in [0.3, 0.4) is 0 Å². The monoisotopic (exact) mass is 648 g/mol. The number of aromatic nitrogens is 2. The number of hydrogen-bond acceptors (Lipinski definition) is 7. The van der Waals surface area contributed by atoms with Crippen molar-refractivity contribution >= 4 is 54.2 Å². The molecule has 2 bridgehead atoms. The standard InChI is InChI=1S/C28H33ClN6O6S2/c1-32-16-26(30-18-32)43(40,41)35-14-19-9-20(15-35)13-34(12-19)27(36)17-33-8-2-3-25(28(33)37)31-42(38,39)24-7-5-21-10-23(29)6-4-22(21)11-24/h4-7,10-11,16,18-20,25,31H,2-3,8-9,12-15,17H2,1H3/t19?,20?,25-/m0/s1. The van der Waals surface area contributed by atoms with Gasteiger partial charge in [-0.15, -0.1) is 0 Å². The van der Waals surface area contributed by atoms with E-state index in [1.54, 1.807) is 46.8 Å². The average Bonchev–Trinajstić information content (AvgIpc) is 3.41. The van der Waals surface area contributed by atoms with Crippen molar-refractivity contribution in [3.05, 3.63) is 53.9 Å². The molecule has 230 valence electrons. The lowest BCUT2D eigenvalue weighted by atomic mass is 9.86. The summed E-state index contributed by atoms with van der Waals surface area (Å²) in [7, 11) is -6.01. The third-order valence-corrected chi connectivity index (χ3v) is 11.8. The lowest BCUT2D eigenvalue weighted by Crippen LogP contribution is -2.58. The first-order valence-corrected chi connectivity index (χ1v) is 17.5. The molecule has 0 saturated carbocycles. The third-order valence-electron chi connectivity index (χ3n) is 8.42. The molecule has 3 aromatic rings. The van der Waals surface area contributed by atoms with Gasteiger partial charge in [0.25, 0.3) is 10.0 Å². The van der Waals surface area contributed by atoms with Crippen LogP contribution >= 0.6 is 11.6 Å². The molecule has 3 saturated heterocycles. The highest BCUT2D eigenvalue weighted by Crippen LogP contribution is 2.32. The minimum atomic E-state index is -4.00. The van der Waals surface area contributed by atoms with Gasteiger partial charge in [-0.05, 0) is 66.1 Å². The molecule has 15 heteroatoms. The molecular weight excluding hydrogens is 616 g/mol. The van der Waals surface area contributed by atoms with Gasteiger partial charge in [-0.3, -0.25) is 9.59 Å². The van der Waals surface area contributed by atoms with Crippen molar-refractivity contribution in [2.75, 3.05) is 39.3 Å². The van der Waals surface area contributed by atoms with Crippen LogP contribution in [-0.4, -0.2) is 97.6 Å². The maximum atomic E-state index is 13.3. The summed E-state index contributed by atoms with van der Waals surface area (Å²) < 4.78 is 58.2. The van der Waals surface area contributed by atoms with Crippen LogP contribution in [0.15, 0.2) is 58.8 Å². The van der Waals surface area contributed by atoms with Crippen molar-refractivity contribution in [3.63, 3.8) is 0 Å². The number of aryl methyl sites for hydroxylation is 1. The summed E-state index contributed by atoms with van der Waals surface area (Å²) >= 11 is 6.03. The molecule has 0 radical (unpaired) electrons. The van der Waals surface area contributed by atoms with Crippen LogP contribution in [0.2, 0.25) is 5.02 Å².